The van der Waals surface area contributed by atoms with Gasteiger partial charge in [0.25, 0.3) is 5.91 Å². The van der Waals surface area contributed by atoms with Gasteiger partial charge in [0.1, 0.15) is 17.2 Å². The summed E-state index contributed by atoms with van der Waals surface area (Å²) in [5, 5.41) is 0. The second-order valence-electron chi connectivity index (χ2n) is 9.57. The van der Waals surface area contributed by atoms with Crippen molar-refractivity contribution in [2.45, 2.75) is 11.8 Å². The molecule has 210 valence electrons. The molecule has 3 aromatic carbocycles. The van der Waals surface area contributed by atoms with Crippen molar-refractivity contribution in [2.75, 3.05) is 63.4 Å². The molecule has 0 radical (unpaired) electrons. The van der Waals surface area contributed by atoms with Crippen molar-refractivity contribution in [3.63, 3.8) is 0 Å². The Morgan fingerprint density at radius 2 is 1.62 bits per heavy atom. The maximum Gasteiger partial charge on any atom is 0.265 e. The number of sulfonamides is 1. The molecule has 0 bridgehead atoms. The Bertz CT molecular complexity index is 1530. The Kier molecular flexibility index (Phi) is 7.68. The molecule has 0 aliphatic carbocycles. The molecule has 2 aliphatic heterocycles. The third kappa shape index (κ3) is 5.22. The number of para-hydroxylation sites is 2. The number of Topliss-reactive ketones (excluding diaryl/α,β-unsaturated/α-hetero) is 1. The van der Waals surface area contributed by atoms with E-state index in [-0.39, 0.29) is 42.6 Å². The number of amides is 1. The number of fused-ring (bicyclic) bond motifs is 1. The molecule has 3 aromatic rings. The van der Waals surface area contributed by atoms with Gasteiger partial charge >= 0.3 is 0 Å². The van der Waals surface area contributed by atoms with E-state index in [4.69, 9.17) is 14.2 Å². The highest BCUT2D eigenvalue weighted by Gasteiger charge is 2.34. The van der Waals surface area contributed by atoms with Crippen LogP contribution in [-0.2, 0) is 14.8 Å². The van der Waals surface area contributed by atoms with E-state index in [1.807, 2.05) is 24.3 Å². The fourth-order valence-electron chi connectivity index (χ4n) is 4.99. The molecular weight excluding hydrogens is 534 g/mol. The second-order valence-corrected chi connectivity index (χ2v) is 11.5. The number of hydrogen-bond donors (Lipinski definition) is 0. The van der Waals surface area contributed by atoms with Crippen molar-refractivity contribution < 1.29 is 32.2 Å². The Labute approximate surface area is 233 Å². The van der Waals surface area contributed by atoms with Crippen LogP contribution < -0.4 is 24.0 Å². The summed E-state index contributed by atoms with van der Waals surface area (Å²) >= 11 is 0. The number of aryl methyl sites for hydroxylation is 1. The van der Waals surface area contributed by atoms with Crippen molar-refractivity contribution in [2.24, 2.45) is 0 Å². The minimum absolute atomic E-state index is 0.0807. The van der Waals surface area contributed by atoms with Crippen LogP contribution >= 0.6 is 0 Å². The number of piperazine rings is 1. The highest BCUT2D eigenvalue weighted by molar-refractivity contribution is 7.89. The van der Waals surface area contributed by atoms with Gasteiger partial charge in [-0.15, -0.1) is 0 Å². The normalized spacial score (nSPS) is 15.8. The summed E-state index contributed by atoms with van der Waals surface area (Å²) < 4.78 is 45.3. The van der Waals surface area contributed by atoms with Gasteiger partial charge in [0.2, 0.25) is 10.0 Å². The van der Waals surface area contributed by atoms with E-state index < -0.39 is 15.9 Å². The molecule has 1 saturated heterocycles. The Hall–Kier alpha value is -4.09. The fourth-order valence-corrected chi connectivity index (χ4v) is 6.64. The van der Waals surface area contributed by atoms with Crippen LogP contribution in [-0.4, -0.2) is 78.0 Å². The molecule has 0 N–H and O–H groups in total. The first kappa shape index (κ1) is 27.5. The second kappa shape index (κ2) is 11.2. The van der Waals surface area contributed by atoms with Crippen LogP contribution in [0.3, 0.4) is 0 Å². The highest BCUT2D eigenvalue weighted by atomic mass is 32.2. The molecule has 2 aliphatic rings. The van der Waals surface area contributed by atoms with Crippen LogP contribution in [0.15, 0.2) is 65.6 Å². The van der Waals surface area contributed by atoms with Crippen LogP contribution in [0.1, 0.15) is 15.9 Å². The van der Waals surface area contributed by atoms with Gasteiger partial charge in [-0.2, -0.15) is 4.31 Å². The Morgan fingerprint density at radius 3 is 2.30 bits per heavy atom. The lowest BCUT2D eigenvalue weighted by Crippen LogP contribution is -2.49. The monoisotopic (exact) mass is 565 g/mol. The summed E-state index contributed by atoms with van der Waals surface area (Å²) in [5.74, 6) is 0.990. The summed E-state index contributed by atoms with van der Waals surface area (Å²) in [6.45, 7) is 2.77. The van der Waals surface area contributed by atoms with Crippen LogP contribution in [0.5, 0.6) is 17.2 Å². The number of nitrogens with zero attached hydrogens (tertiary/aromatic N) is 3. The molecule has 2 heterocycles. The van der Waals surface area contributed by atoms with Crippen molar-refractivity contribution in [3.05, 3.63) is 71.8 Å². The molecular formula is C29H31N3O7S. The van der Waals surface area contributed by atoms with E-state index in [0.29, 0.717) is 35.7 Å². The standard InChI is InChI=1S/C29H31N3O7S/c1-20-16-27-24(32(29(34)19-39-27)18-25(33)21-8-10-22(37-2)11-9-21)17-28(20)40(35,36)31-14-12-30(13-15-31)23-6-4-5-7-26(23)38-3/h4-11,16-17H,12-15,18-19H2,1-3H3. The van der Waals surface area contributed by atoms with Gasteiger partial charge < -0.3 is 19.1 Å². The number of hydrogen-bond acceptors (Lipinski definition) is 8. The zero-order chi connectivity index (χ0) is 28.4. The molecule has 0 saturated carbocycles. The zero-order valence-corrected chi connectivity index (χ0v) is 23.4. The van der Waals surface area contributed by atoms with Crippen molar-refractivity contribution in [1.82, 2.24) is 4.31 Å². The molecule has 10 nitrogen and oxygen atoms in total. The SMILES string of the molecule is COc1ccc(C(=O)CN2C(=O)COc3cc(C)c(S(=O)(=O)N4CCN(c5ccccc5OC)CC4)cc32)cc1. The first-order chi connectivity index (χ1) is 19.2. The lowest BCUT2D eigenvalue weighted by Gasteiger charge is -2.36. The van der Waals surface area contributed by atoms with E-state index in [0.717, 1.165) is 11.4 Å². The smallest absolute Gasteiger partial charge is 0.265 e. The van der Waals surface area contributed by atoms with Gasteiger partial charge in [-0.25, -0.2) is 8.42 Å². The van der Waals surface area contributed by atoms with E-state index >= 15 is 0 Å². The predicted octanol–water partition coefficient (Wildman–Crippen LogP) is 3.13. The average Bonchev–Trinajstić information content (AvgIpc) is 2.98. The first-order valence-electron chi connectivity index (χ1n) is 12.9. The van der Waals surface area contributed by atoms with Gasteiger partial charge in [-0.1, -0.05) is 12.1 Å². The highest BCUT2D eigenvalue weighted by Crippen LogP contribution is 2.38. The summed E-state index contributed by atoms with van der Waals surface area (Å²) in [4.78, 5) is 29.4. The molecule has 0 atom stereocenters. The van der Waals surface area contributed by atoms with Gasteiger partial charge in [-0.3, -0.25) is 14.5 Å². The maximum atomic E-state index is 13.8. The zero-order valence-electron chi connectivity index (χ0n) is 22.6. The summed E-state index contributed by atoms with van der Waals surface area (Å²) in [7, 11) is -0.746. The van der Waals surface area contributed by atoms with Crippen LogP contribution in [0, 0.1) is 6.92 Å². The van der Waals surface area contributed by atoms with Crippen molar-refractivity contribution in [1.29, 1.82) is 0 Å². The Balaban J connectivity index is 1.38. The molecule has 0 unspecified atom stereocenters. The molecule has 5 rings (SSSR count). The number of anilines is 2. The number of ketones is 1. The van der Waals surface area contributed by atoms with Gasteiger partial charge in [0.05, 0.1) is 37.0 Å². The van der Waals surface area contributed by atoms with E-state index in [1.54, 1.807) is 44.4 Å². The maximum absolute atomic E-state index is 13.8. The molecule has 1 fully saturated rings. The predicted molar refractivity (Wildman–Crippen MR) is 150 cm³/mol. The van der Waals surface area contributed by atoms with Gasteiger partial charge in [-0.05, 0) is 61.0 Å². The van der Waals surface area contributed by atoms with Crippen molar-refractivity contribution in [3.8, 4) is 17.2 Å². The Morgan fingerprint density at radius 1 is 0.925 bits per heavy atom. The van der Waals surface area contributed by atoms with Crippen LogP contribution in [0.2, 0.25) is 0 Å². The topological polar surface area (TPSA) is 106 Å². The number of benzene rings is 3. The van der Waals surface area contributed by atoms with E-state index in [1.165, 1.54) is 22.4 Å². The molecule has 40 heavy (non-hydrogen) atoms. The summed E-state index contributed by atoms with van der Waals surface area (Å²) in [5.41, 5.74) is 2.09. The number of methoxy groups -OCH3 is 2. The molecule has 0 spiro atoms. The molecule has 1 amide bonds. The molecule has 0 aromatic heterocycles. The third-order valence-electron chi connectivity index (χ3n) is 7.20. The minimum atomic E-state index is -3.89. The summed E-state index contributed by atoms with van der Waals surface area (Å²) in [6, 6.07) is 17.3. The lowest BCUT2D eigenvalue weighted by atomic mass is 10.1. The first-order valence-corrected chi connectivity index (χ1v) is 14.3. The van der Waals surface area contributed by atoms with Crippen molar-refractivity contribution >= 4 is 33.1 Å². The fraction of sp³-hybridized carbons (Fsp3) is 0.310. The lowest BCUT2D eigenvalue weighted by molar-refractivity contribution is -0.121. The van der Waals surface area contributed by atoms with Gasteiger partial charge in [0.15, 0.2) is 12.4 Å². The number of rotatable bonds is 8. The largest absolute Gasteiger partial charge is 0.497 e. The number of ether oxygens (including phenoxy) is 3. The van der Waals surface area contributed by atoms with Gasteiger partial charge in [0, 0.05) is 31.7 Å². The number of carbonyl (C=O) groups excluding carboxylic acids is 2. The number of carbonyl (C=O) groups is 2. The molecule has 11 heteroatoms. The van der Waals surface area contributed by atoms with E-state index in [2.05, 4.69) is 4.90 Å². The minimum Gasteiger partial charge on any atom is -0.497 e. The van der Waals surface area contributed by atoms with E-state index in [9.17, 15) is 18.0 Å². The average molecular weight is 566 g/mol. The van der Waals surface area contributed by atoms with Crippen LogP contribution in [0.4, 0.5) is 11.4 Å². The quantitative estimate of drug-likeness (QED) is 0.384. The van der Waals surface area contributed by atoms with Crippen LogP contribution in [0.25, 0.3) is 0 Å². The third-order valence-corrected chi connectivity index (χ3v) is 9.24. The summed E-state index contributed by atoms with van der Waals surface area (Å²) in [6.07, 6.45) is 0.